The molecule has 1 aromatic heterocycles. The SMILES string of the molecule is NC(=O)c1ccc(Cl)c(NC2CCc3sc(Cl)cc32)c1. The summed E-state index contributed by atoms with van der Waals surface area (Å²) in [5.41, 5.74) is 7.69. The van der Waals surface area contributed by atoms with Crippen LogP contribution in [0, 0.1) is 0 Å². The van der Waals surface area contributed by atoms with Crippen LogP contribution in [0.3, 0.4) is 0 Å². The fourth-order valence-electron chi connectivity index (χ4n) is 2.46. The quantitative estimate of drug-likeness (QED) is 0.885. The number of nitrogens with one attached hydrogen (secondary N) is 1. The molecule has 0 fully saturated rings. The molecular formula is C14H12Cl2N2OS. The summed E-state index contributed by atoms with van der Waals surface area (Å²) in [5.74, 6) is -0.463. The standard InChI is InChI=1S/C14H12Cl2N2OS/c15-9-2-1-7(14(17)19)5-11(9)18-10-3-4-12-8(10)6-13(16)20-12/h1-2,5-6,10,18H,3-4H2,(H2,17,19). The van der Waals surface area contributed by atoms with Crippen molar-refractivity contribution in [3.05, 3.63) is 49.6 Å². The van der Waals surface area contributed by atoms with Crippen LogP contribution >= 0.6 is 34.5 Å². The number of thiophene rings is 1. The number of hydrogen-bond donors (Lipinski definition) is 2. The van der Waals surface area contributed by atoms with Gasteiger partial charge in [-0.1, -0.05) is 23.2 Å². The van der Waals surface area contributed by atoms with Crippen LogP contribution in [0.25, 0.3) is 0 Å². The van der Waals surface area contributed by atoms with E-state index in [0.717, 1.165) is 22.9 Å². The molecule has 104 valence electrons. The fourth-order valence-corrected chi connectivity index (χ4v) is 3.99. The summed E-state index contributed by atoms with van der Waals surface area (Å²) < 4.78 is 0.804. The molecule has 1 aliphatic rings. The van der Waals surface area contributed by atoms with Gasteiger partial charge in [-0.05, 0) is 42.7 Å². The number of amides is 1. The Kier molecular flexibility index (Phi) is 3.63. The van der Waals surface area contributed by atoms with E-state index >= 15 is 0 Å². The summed E-state index contributed by atoms with van der Waals surface area (Å²) in [6.07, 6.45) is 2.01. The molecule has 2 aromatic rings. The second kappa shape index (κ2) is 5.28. The van der Waals surface area contributed by atoms with Crippen molar-refractivity contribution < 1.29 is 4.79 Å². The first-order valence-corrected chi connectivity index (χ1v) is 7.76. The molecule has 20 heavy (non-hydrogen) atoms. The Bertz CT molecular complexity index is 684. The molecule has 6 heteroatoms. The summed E-state index contributed by atoms with van der Waals surface area (Å²) in [4.78, 5) is 12.6. The van der Waals surface area contributed by atoms with Gasteiger partial charge in [0.25, 0.3) is 0 Å². The van der Waals surface area contributed by atoms with E-state index in [2.05, 4.69) is 5.32 Å². The first-order chi connectivity index (χ1) is 9.54. The lowest BCUT2D eigenvalue weighted by molar-refractivity contribution is 0.100. The Balaban J connectivity index is 1.88. The average Bonchev–Trinajstić information content (AvgIpc) is 2.92. The molecule has 1 heterocycles. The topological polar surface area (TPSA) is 55.1 Å². The van der Waals surface area contributed by atoms with Crippen LogP contribution in [-0.4, -0.2) is 5.91 Å². The first-order valence-electron chi connectivity index (χ1n) is 6.18. The molecule has 0 bridgehead atoms. The Morgan fingerprint density at radius 1 is 1.35 bits per heavy atom. The minimum atomic E-state index is -0.463. The van der Waals surface area contributed by atoms with Crippen molar-refractivity contribution in [2.24, 2.45) is 5.73 Å². The number of primary amides is 1. The van der Waals surface area contributed by atoms with Crippen molar-refractivity contribution >= 4 is 46.1 Å². The number of hydrogen-bond acceptors (Lipinski definition) is 3. The normalized spacial score (nSPS) is 17.0. The van der Waals surface area contributed by atoms with E-state index in [0.29, 0.717) is 10.6 Å². The number of carbonyl (C=O) groups is 1. The maximum Gasteiger partial charge on any atom is 0.248 e. The van der Waals surface area contributed by atoms with E-state index in [9.17, 15) is 4.79 Å². The predicted octanol–water partition coefficient (Wildman–Crippen LogP) is 4.25. The van der Waals surface area contributed by atoms with Gasteiger partial charge in [0, 0.05) is 10.4 Å². The van der Waals surface area contributed by atoms with Crippen LogP contribution in [-0.2, 0) is 6.42 Å². The number of halogens is 2. The zero-order valence-corrected chi connectivity index (χ0v) is 12.8. The molecule has 1 amide bonds. The Hall–Kier alpha value is -1.23. The maximum atomic E-state index is 11.2. The van der Waals surface area contributed by atoms with Gasteiger partial charge in [0.15, 0.2) is 0 Å². The molecule has 3 N–H and O–H groups in total. The molecular weight excluding hydrogens is 315 g/mol. The van der Waals surface area contributed by atoms with Crippen LogP contribution < -0.4 is 11.1 Å². The highest BCUT2D eigenvalue weighted by atomic mass is 35.5. The van der Waals surface area contributed by atoms with Crippen molar-refractivity contribution in [2.45, 2.75) is 18.9 Å². The summed E-state index contributed by atoms with van der Waals surface area (Å²) in [6, 6.07) is 7.17. The van der Waals surface area contributed by atoms with Crippen LogP contribution in [0.4, 0.5) is 5.69 Å². The second-order valence-corrected chi connectivity index (χ2v) is 6.90. The van der Waals surface area contributed by atoms with Crippen molar-refractivity contribution in [3.63, 3.8) is 0 Å². The van der Waals surface area contributed by atoms with Gasteiger partial charge in [0.05, 0.1) is 21.1 Å². The Labute approximate surface area is 130 Å². The monoisotopic (exact) mass is 326 g/mol. The number of fused-ring (bicyclic) bond motifs is 1. The van der Waals surface area contributed by atoms with Crippen LogP contribution in [0.5, 0.6) is 0 Å². The molecule has 3 nitrogen and oxygen atoms in total. The molecule has 0 spiro atoms. The third-order valence-electron chi connectivity index (χ3n) is 3.43. The van der Waals surface area contributed by atoms with E-state index in [1.807, 2.05) is 6.07 Å². The van der Waals surface area contributed by atoms with E-state index < -0.39 is 5.91 Å². The zero-order valence-electron chi connectivity index (χ0n) is 10.5. The van der Waals surface area contributed by atoms with Crippen molar-refractivity contribution in [1.82, 2.24) is 0 Å². The lowest BCUT2D eigenvalue weighted by atomic mass is 10.1. The molecule has 0 radical (unpaired) electrons. The molecule has 0 aliphatic heterocycles. The molecule has 1 atom stereocenters. The number of anilines is 1. The number of aryl methyl sites for hydroxylation is 1. The van der Waals surface area contributed by atoms with E-state index in [-0.39, 0.29) is 6.04 Å². The lowest BCUT2D eigenvalue weighted by Crippen LogP contribution is -2.12. The maximum absolute atomic E-state index is 11.2. The van der Waals surface area contributed by atoms with Crippen molar-refractivity contribution in [1.29, 1.82) is 0 Å². The molecule has 1 aliphatic carbocycles. The lowest BCUT2D eigenvalue weighted by Gasteiger charge is -2.16. The number of benzene rings is 1. The summed E-state index contributed by atoms with van der Waals surface area (Å²) in [5, 5.41) is 3.96. The minimum Gasteiger partial charge on any atom is -0.377 e. The highest BCUT2D eigenvalue weighted by molar-refractivity contribution is 7.16. The Morgan fingerprint density at radius 3 is 2.90 bits per heavy atom. The molecule has 1 unspecified atom stereocenters. The van der Waals surface area contributed by atoms with Gasteiger partial charge in [-0.2, -0.15) is 0 Å². The van der Waals surface area contributed by atoms with Crippen LogP contribution in [0.1, 0.15) is 33.3 Å². The van der Waals surface area contributed by atoms with E-state index in [4.69, 9.17) is 28.9 Å². The largest absolute Gasteiger partial charge is 0.377 e. The first kappa shape index (κ1) is 13.7. The van der Waals surface area contributed by atoms with Gasteiger partial charge in [0.2, 0.25) is 5.91 Å². The van der Waals surface area contributed by atoms with Gasteiger partial charge in [-0.15, -0.1) is 11.3 Å². The van der Waals surface area contributed by atoms with Gasteiger partial charge < -0.3 is 11.1 Å². The third kappa shape index (κ3) is 2.51. The van der Waals surface area contributed by atoms with Gasteiger partial charge in [0.1, 0.15) is 0 Å². The molecule has 3 rings (SSSR count). The average molecular weight is 327 g/mol. The van der Waals surface area contributed by atoms with Crippen molar-refractivity contribution in [3.8, 4) is 0 Å². The smallest absolute Gasteiger partial charge is 0.248 e. The van der Waals surface area contributed by atoms with Gasteiger partial charge >= 0.3 is 0 Å². The summed E-state index contributed by atoms with van der Waals surface area (Å²) in [6.45, 7) is 0. The van der Waals surface area contributed by atoms with E-state index in [1.54, 1.807) is 29.5 Å². The van der Waals surface area contributed by atoms with Gasteiger partial charge in [-0.25, -0.2) is 0 Å². The van der Waals surface area contributed by atoms with Gasteiger partial charge in [-0.3, -0.25) is 4.79 Å². The molecule has 0 saturated carbocycles. The minimum absolute atomic E-state index is 0.175. The zero-order chi connectivity index (χ0) is 14.3. The predicted molar refractivity (Wildman–Crippen MR) is 84.0 cm³/mol. The molecule has 1 aromatic carbocycles. The second-order valence-electron chi connectivity index (χ2n) is 4.72. The third-order valence-corrected chi connectivity index (χ3v) is 5.10. The molecule has 0 saturated heterocycles. The highest BCUT2D eigenvalue weighted by Gasteiger charge is 2.25. The van der Waals surface area contributed by atoms with E-state index in [1.165, 1.54) is 10.4 Å². The Morgan fingerprint density at radius 2 is 2.15 bits per heavy atom. The number of carbonyl (C=O) groups excluding carboxylic acids is 1. The number of nitrogens with two attached hydrogens (primary N) is 1. The fraction of sp³-hybridized carbons (Fsp3) is 0.214. The van der Waals surface area contributed by atoms with Crippen molar-refractivity contribution in [2.75, 3.05) is 5.32 Å². The highest BCUT2D eigenvalue weighted by Crippen LogP contribution is 2.41. The summed E-state index contributed by atoms with van der Waals surface area (Å²) in [7, 11) is 0. The number of rotatable bonds is 3. The van der Waals surface area contributed by atoms with Crippen LogP contribution in [0.15, 0.2) is 24.3 Å². The summed E-state index contributed by atoms with van der Waals surface area (Å²) >= 11 is 13.8. The van der Waals surface area contributed by atoms with Crippen LogP contribution in [0.2, 0.25) is 9.36 Å².